The Bertz CT molecular complexity index is 587. The van der Waals surface area contributed by atoms with E-state index in [-0.39, 0.29) is 5.78 Å². The van der Waals surface area contributed by atoms with Gasteiger partial charge in [0.25, 0.3) is 0 Å². The SMILES string of the molecule is C1CCOC1.CCn1cc(C(C)=O)c2ccc(C)cc21. The normalized spacial score (nSPS) is 14.2. The van der Waals surface area contributed by atoms with Crippen LogP contribution in [0.4, 0.5) is 0 Å². The molecule has 1 aliphatic rings. The molecule has 0 unspecified atom stereocenters. The van der Waals surface area contributed by atoms with Gasteiger partial charge in [-0.2, -0.15) is 0 Å². The number of aryl methyl sites for hydroxylation is 2. The van der Waals surface area contributed by atoms with Crippen molar-refractivity contribution in [3.8, 4) is 0 Å². The van der Waals surface area contributed by atoms with E-state index < -0.39 is 0 Å². The van der Waals surface area contributed by atoms with Crippen LogP contribution in [0.1, 0.15) is 42.6 Å². The summed E-state index contributed by atoms with van der Waals surface area (Å²) >= 11 is 0. The number of benzene rings is 1. The molecule has 0 radical (unpaired) electrons. The second-order valence-corrected chi connectivity index (χ2v) is 5.23. The Morgan fingerprint density at radius 1 is 1.30 bits per heavy atom. The van der Waals surface area contributed by atoms with Gasteiger partial charge in [0.05, 0.1) is 0 Å². The molecule has 1 saturated heterocycles. The van der Waals surface area contributed by atoms with E-state index in [1.54, 1.807) is 6.92 Å². The maximum absolute atomic E-state index is 11.5. The van der Waals surface area contributed by atoms with Crippen LogP contribution in [-0.2, 0) is 11.3 Å². The predicted octanol–water partition coefficient (Wildman–Crippen LogP) is 3.97. The maximum atomic E-state index is 11.5. The number of Topliss-reactive ketones (excluding diaryl/α,β-unsaturated/α-hetero) is 1. The molecule has 1 aromatic carbocycles. The number of carbonyl (C=O) groups is 1. The van der Waals surface area contributed by atoms with Gasteiger partial charge in [0.1, 0.15) is 0 Å². The van der Waals surface area contributed by atoms with Crippen LogP contribution in [-0.4, -0.2) is 23.6 Å². The standard InChI is InChI=1S/C13H15NO.C4H8O/c1-4-14-8-12(10(3)15)11-6-5-9(2)7-13(11)14;1-2-4-5-3-1/h5-8H,4H2,1-3H3;1-4H2. The van der Waals surface area contributed by atoms with Crippen molar-refractivity contribution in [2.75, 3.05) is 13.2 Å². The van der Waals surface area contributed by atoms with Crippen molar-refractivity contribution in [2.45, 2.75) is 40.2 Å². The number of nitrogens with zero attached hydrogens (tertiary/aromatic N) is 1. The molecule has 0 aliphatic carbocycles. The fourth-order valence-electron chi connectivity index (χ4n) is 2.45. The summed E-state index contributed by atoms with van der Waals surface area (Å²) in [6, 6.07) is 6.22. The van der Waals surface area contributed by atoms with E-state index >= 15 is 0 Å². The highest BCUT2D eigenvalue weighted by Gasteiger charge is 2.10. The van der Waals surface area contributed by atoms with Crippen molar-refractivity contribution in [1.29, 1.82) is 0 Å². The molecule has 0 amide bonds. The second-order valence-electron chi connectivity index (χ2n) is 5.23. The fraction of sp³-hybridized carbons (Fsp3) is 0.471. The summed E-state index contributed by atoms with van der Waals surface area (Å²) in [7, 11) is 0. The van der Waals surface area contributed by atoms with Crippen molar-refractivity contribution >= 4 is 16.7 Å². The molecule has 108 valence electrons. The van der Waals surface area contributed by atoms with Gasteiger partial charge in [-0.3, -0.25) is 4.79 Å². The topological polar surface area (TPSA) is 31.2 Å². The van der Waals surface area contributed by atoms with Gasteiger partial charge in [0.2, 0.25) is 0 Å². The minimum Gasteiger partial charge on any atom is -0.381 e. The van der Waals surface area contributed by atoms with Crippen molar-refractivity contribution in [1.82, 2.24) is 4.57 Å². The van der Waals surface area contributed by atoms with Gasteiger partial charge in [-0.15, -0.1) is 0 Å². The predicted molar refractivity (Wildman–Crippen MR) is 82.4 cm³/mol. The monoisotopic (exact) mass is 273 g/mol. The van der Waals surface area contributed by atoms with Crippen LogP contribution < -0.4 is 0 Å². The highest BCUT2D eigenvalue weighted by molar-refractivity contribution is 6.07. The first-order chi connectivity index (χ1) is 9.63. The Kier molecular flexibility index (Phi) is 4.96. The summed E-state index contributed by atoms with van der Waals surface area (Å²) in [6.45, 7) is 8.67. The molecule has 0 bridgehead atoms. The third-order valence-electron chi connectivity index (χ3n) is 3.59. The molecule has 20 heavy (non-hydrogen) atoms. The maximum Gasteiger partial charge on any atom is 0.161 e. The van der Waals surface area contributed by atoms with E-state index in [1.165, 1.54) is 18.4 Å². The Labute approximate surface area is 120 Å². The molecule has 3 nitrogen and oxygen atoms in total. The molecule has 1 fully saturated rings. The average Bonchev–Trinajstić information content (AvgIpc) is 3.09. The van der Waals surface area contributed by atoms with Crippen molar-refractivity contribution in [2.24, 2.45) is 0 Å². The first-order valence-electron chi connectivity index (χ1n) is 7.31. The molecular formula is C17H23NO2. The Morgan fingerprint density at radius 3 is 2.50 bits per heavy atom. The van der Waals surface area contributed by atoms with E-state index in [2.05, 4.69) is 30.5 Å². The molecule has 0 spiro atoms. The molecule has 0 N–H and O–H groups in total. The average molecular weight is 273 g/mol. The van der Waals surface area contributed by atoms with Crippen LogP contribution in [0.5, 0.6) is 0 Å². The van der Waals surface area contributed by atoms with Crippen LogP contribution in [0, 0.1) is 6.92 Å². The lowest BCUT2D eigenvalue weighted by Crippen LogP contribution is -1.91. The third-order valence-corrected chi connectivity index (χ3v) is 3.59. The van der Waals surface area contributed by atoms with Crippen LogP contribution in [0.3, 0.4) is 0 Å². The molecular weight excluding hydrogens is 250 g/mol. The van der Waals surface area contributed by atoms with E-state index in [1.807, 2.05) is 12.3 Å². The number of ether oxygens (including phenoxy) is 1. The zero-order valence-electron chi connectivity index (χ0n) is 12.6. The Hall–Kier alpha value is -1.61. The first-order valence-corrected chi connectivity index (χ1v) is 7.31. The smallest absolute Gasteiger partial charge is 0.161 e. The van der Waals surface area contributed by atoms with Crippen LogP contribution in [0.25, 0.3) is 10.9 Å². The number of fused-ring (bicyclic) bond motifs is 1. The number of ketones is 1. The number of rotatable bonds is 2. The summed E-state index contributed by atoms with van der Waals surface area (Å²) in [5.74, 6) is 0.135. The number of carbonyl (C=O) groups excluding carboxylic acids is 1. The summed E-state index contributed by atoms with van der Waals surface area (Å²) in [6.07, 6.45) is 4.51. The van der Waals surface area contributed by atoms with E-state index in [0.717, 1.165) is 36.2 Å². The Balaban J connectivity index is 0.000000247. The quantitative estimate of drug-likeness (QED) is 0.775. The van der Waals surface area contributed by atoms with Crippen LogP contribution in [0.15, 0.2) is 24.4 Å². The van der Waals surface area contributed by atoms with Gasteiger partial charge in [-0.25, -0.2) is 0 Å². The molecule has 0 saturated carbocycles. The largest absolute Gasteiger partial charge is 0.381 e. The number of aromatic nitrogens is 1. The number of hydrogen-bond acceptors (Lipinski definition) is 2. The van der Waals surface area contributed by atoms with E-state index in [4.69, 9.17) is 4.74 Å². The molecule has 3 rings (SSSR count). The zero-order chi connectivity index (χ0) is 14.5. The molecule has 2 heterocycles. The van der Waals surface area contributed by atoms with Crippen molar-refractivity contribution in [3.05, 3.63) is 35.5 Å². The zero-order valence-corrected chi connectivity index (χ0v) is 12.6. The van der Waals surface area contributed by atoms with Crippen molar-refractivity contribution < 1.29 is 9.53 Å². The number of hydrogen-bond donors (Lipinski definition) is 0. The lowest BCUT2D eigenvalue weighted by molar-refractivity contribution is 0.101. The summed E-state index contributed by atoms with van der Waals surface area (Å²) < 4.78 is 7.07. The molecule has 1 aliphatic heterocycles. The van der Waals surface area contributed by atoms with Gasteiger partial charge in [-0.05, 0) is 45.2 Å². The van der Waals surface area contributed by atoms with Gasteiger partial charge in [0, 0.05) is 42.4 Å². The summed E-state index contributed by atoms with van der Waals surface area (Å²) in [4.78, 5) is 11.5. The lowest BCUT2D eigenvalue weighted by atomic mass is 10.1. The second kappa shape index (κ2) is 6.71. The van der Waals surface area contributed by atoms with Gasteiger partial charge < -0.3 is 9.30 Å². The van der Waals surface area contributed by atoms with Gasteiger partial charge in [-0.1, -0.05) is 12.1 Å². The summed E-state index contributed by atoms with van der Waals surface area (Å²) in [5.41, 5.74) is 3.21. The van der Waals surface area contributed by atoms with Gasteiger partial charge in [0.15, 0.2) is 5.78 Å². The van der Waals surface area contributed by atoms with Crippen LogP contribution in [0.2, 0.25) is 0 Å². The molecule has 1 aromatic heterocycles. The van der Waals surface area contributed by atoms with Crippen molar-refractivity contribution in [3.63, 3.8) is 0 Å². The minimum atomic E-state index is 0.135. The Morgan fingerprint density at radius 2 is 2.00 bits per heavy atom. The van der Waals surface area contributed by atoms with E-state index in [0.29, 0.717) is 0 Å². The van der Waals surface area contributed by atoms with Gasteiger partial charge >= 0.3 is 0 Å². The summed E-state index contributed by atoms with van der Waals surface area (Å²) in [5, 5.41) is 1.06. The third kappa shape index (κ3) is 3.28. The highest BCUT2D eigenvalue weighted by atomic mass is 16.5. The molecule has 3 heteroatoms. The lowest BCUT2D eigenvalue weighted by Gasteiger charge is -2.00. The minimum absolute atomic E-state index is 0.135. The van der Waals surface area contributed by atoms with E-state index in [9.17, 15) is 4.79 Å². The molecule has 0 atom stereocenters. The highest BCUT2D eigenvalue weighted by Crippen LogP contribution is 2.23. The fourth-order valence-corrected chi connectivity index (χ4v) is 2.45. The first kappa shape index (κ1) is 14.8. The molecule has 2 aromatic rings. The van der Waals surface area contributed by atoms with Crippen LogP contribution >= 0.6 is 0 Å².